The van der Waals surface area contributed by atoms with Gasteiger partial charge in [-0.25, -0.2) is 0 Å². The summed E-state index contributed by atoms with van der Waals surface area (Å²) < 4.78 is 6.78. The first-order valence-electron chi connectivity index (χ1n) is 6.54. The Morgan fingerprint density at radius 2 is 2.25 bits per heavy atom. The van der Waals surface area contributed by atoms with E-state index in [9.17, 15) is 4.79 Å². The van der Waals surface area contributed by atoms with Crippen molar-refractivity contribution in [2.45, 2.75) is 25.5 Å². The summed E-state index contributed by atoms with van der Waals surface area (Å²) in [7, 11) is 0. The maximum atomic E-state index is 12.1. The summed E-state index contributed by atoms with van der Waals surface area (Å²) in [6, 6.07) is 7.53. The van der Waals surface area contributed by atoms with Crippen LogP contribution in [0.3, 0.4) is 0 Å². The summed E-state index contributed by atoms with van der Waals surface area (Å²) in [6.07, 6.45) is 0.577. The van der Waals surface area contributed by atoms with Crippen molar-refractivity contribution >= 4 is 34.2 Å². The smallest absolute Gasteiger partial charge is 0.239 e. The first-order chi connectivity index (χ1) is 9.13. The van der Waals surface area contributed by atoms with E-state index in [4.69, 9.17) is 10.5 Å². The molecular weight excluding hydrogens is 344 g/mol. The molecule has 2 unspecified atom stereocenters. The zero-order valence-electron chi connectivity index (χ0n) is 11.4. The number of nitrogens with zero attached hydrogens (tertiary/aromatic N) is 1. The molecule has 1 saturated heterocycles. The molecule has 1 aromatic rings. The van der Waals surface area contributed by atoms with E-state index in [1.54, 1.807) is 0 Å². The Hall–Kier alpha value is -0.620. The van der Waals surface area contributed by atoms with Crippen molar-refractivity contribution in [2.75, 3.05) is 19.7 Å². The molecule has 2 rings (SSSR count). The minimum absolute atomic E-state index is 0. The van der Waals surface area contributed by atoms with Gasteiger partial charge in [-0.2, -0.15) is 0 Å². The fourth-order valence-corrected chi connectivity index (χ4v) is 2.72. The van der Waals surface area contributed by atoms with Crippen LogP contribution in [0.5, 0.6) is 0 Å². The van der Waals surface area contributed by atoms with Gasteiger partial charge in [0.25, 0.3) is 0 Å². The first-order valence-corrected chi connectivity index (χ1v) is 7.33. The van der Waals surface area contributed by atoms with Crippen LogP contribution in [0.2, 0.25) is 0 Å². The van der Waals surface area contributed by atoms with Gasteiger partial charge in [-0.05, 0) is 18.1 Å². The Morgan fingerprint density at radius 1 is 1.55 bits per heavy atom. The van der Waals surface area contributed by atoms with E-state index in [0.717, 1.165) is 10.0 Å². The highest BCUT2D eigenvalue weighted by atomic mass is 79.9. The molecule has 0 aliphatic carbocycles. The van der Waals surface area contributed by atoms with E-state index < -0.39 is 6.04 Å². The van der Waals surface area contributed by atoms with E-state index in [2.05, 4.69) is 15.9 Å². The van der Waals surface area contributed by atoms with Crippen LogP contribution < -0.4 is 5.73 Å². The van der Waals surface area contributed by atoms with Gasteiger partial charge in [0.05, 0.1) is 19.2 Å². The van der Waals surface area contributed by atoms with Gasteiger partial charge in [0.2, 0.25) is 5.91 Å². The van der Waals surface area contributed by atoms with Crippen LogP contribution in [0.1, 0.15) is 25.0 Å². The summed E-state index contributed by atoms with van der Waals surface area (Å²) >= 11 is 3.52. The van der Waals surface area contributed by atoms with E-state index in [-0.39, 0.29) is 24.4 Å². The van der Waals surface area contributed by atoms with Crippen LogP contribution in [0.4, 0.5) is 0 Å². The second-order valence-corrected chi connectivity index (χ2v) is 5.53. The molecule has 1 heterocycles. The van der Waals surface area contributed by atoms with Gasteiger partial charge in [-0.1, -0.05) is 41.1 Å². The molecule has 20 heavy (non-hydrogen) atoms. The number of nitrogens with two attached hydrogens (primary N) is 1. The highest BCUT2D eigenvalue weighted by Crippen LogP contribution is 2.28. The molecule has 0 spiro atoms. The summed E-state index contributed by atoms with van der Waals surface area (Å²) in [5, 5.41) is 0. The van der Waals surface area contributed by atoms with Crippen LogP contribution in [-0.2, 0) is 9.53 Å². The minimum Gasteiger partial charge on any atom is -0.370 e. The molecule has 2 atom stereocenters. The third-order valence-electron chi connectivity index (χ3n) is 3.39. The van der Waals surface area contributed by atoms with Crippen molar-refractivity contribution in [2.24, 2.45) is 5.73 Å². The number of halogens is 2. The first kappa shape index (κ1) is 17.4. The molecule has 0 saturated carbocycles. The molecule has 4 nitrogen and oxygen atoms in total. The quantitative estimate of drug-likeness (QED) is 0.898. The lowest BCUT2D eigenvalue weighted by Crippen LogP contribution is -2.49. The SMILES string of the molecule is CCC(N)C(=O)N1CCOC(c2ccccc2Br)C1.Cl. The van der Waals surface area contributed by atoms with Crippen molar-refractivity contribution in [1.29, 1.82) is 0 Å². The Labute approximate surface area is 134 Å². The van der Waals surface area contributed by atoms with Crippen molar-refractivity contribution in [3.63, 3.8) is 0 Å². The predicted octanol–water partition coefficient (Wildman–Crippen LogP) is 2.51. The summed E-state index contributed by atoms with van der Waals surface area (Å²) in [5.41, 5.74) is 6.89. The lowest BCUT2D eigenvalue weighted by atomic mass is 10.1. The van der Waals surface area contributed by atoms with Gasteiger partial charge in [-0.3, -0.25) is 4.79 Å². The fourth-order valence-electron chi connectivity index (χ4n) is 2.18. The monoisotopic (exact) mass is 362 g/mol. The number of benzene rings is 1. The van der Waals surface area contributed by atoms with Crippen LogP contribution in [0.25, 0.3) is 0 Å². The van der Waals surface area contributed by atoms with E-state index >= 15 is 0 Å². The zero-order chi connectivity index (χ0) is 13.8. The van der Waals surface area contributed by atoms with E-state index in [1.807, 2.05) is 36.1 Å². The number of rotatable bonds is 3. The standard InChI is InChI=1S/C14H19BrN2O2.ClH/c1-2-12(16)14(18)17-7-8-19-13(9-17)10-5-3-4-6-11(10)15;/h3-6,12-13H,2,7-9,16H2,1H3;1H. The number of hydrogen-bond donors (Lipinski definition) is 1. The van der Waals surface area contributed by atoms with Gasteiger partial charge in [0.1, 0.15) is 6.10 Å². The summed E-state index contributed by atoms with van der Waals surface area (Å²) in [6.45, 7) is 3.66. The highest BCUT2D eigenvalue weighted by molar-refractivity contribution is 9.10. The third kappa shape index (κ3) is 3.95. The molecule has 1 aromatic carbocycles. The molecule has 1 fully saturated rings. The second-order valence-electron chi connectivity index (χ2n) is 4.68. The van der Waals surface area contributed by atoms with Crippen LogP contribution in [-0.4, -0.2) is 36.5 Å². The number of carbonyl (C=O) groups is 1. The van der Waals surface area contributed by atoms with Gasteiger partial charge in [0, 0.05) is 11.0 Å². The van der Waals surface area contributed by atoms with Crippen LogP contribution in [0.15, 0.2) is 28.7 Å². The molecule has 6 heteroatoms. The van der Waals surface area contributed by atoms with Gasteiger partial charge in [-0.15, -0.1) is 12.4 Å². The van der Waals surface area contributed by atoms with Gasteiger partial charge < -0.3 is 15.4 Å². The Kier molecular flexibility index (Phi) is 6.95. The minimum atomic E-state index is -0.405. The average molecular weight is 364 g/mol. The Morgan fingerprint density at radius 3 is 2.90 bits per heavy atom. The Balaban J connectivity index is 0.00000200. The molecule has 0 bridgehead atoms. The van der Waals surface area contributed by atoms with Gasteiger partial charge in [0.15, 0.2) is 0 Å². The number of hydrogen-bond acceptors (Lipinski definition) is 3. The highest BCUT2D eigenvalue weighted by Gasteiger charge is 2.28. The average Bonchev–Trinajstić information content (AvgIpc) is 2.46. The van der Waals surface area contributed by atoms with Crippen LogP contribution in [0, 0.1) is 0 Å². The van der Waals surface area contributed by atoms with E-state index in [1.165, 1.54) is 0 Å². The number of ether oxygens (including phenoxy) is 1. The number of amides is 1. The van der Waals surface area contributed by atoms with Crippen molar-refractivity contribution in [3.05, 3.63) is 34.3 Å². The molecule has 1 aliphatic rings. The van der Waals surface area contributed by atoms with E-state index in [0.29, 0.717) is 26.1 Å². The van der Waals surface area contributed by atoms with Gasteiger partial charge >= 0.3 is 0 Å². The number of carbonyl (C=O) groups excluding carboxylic acids is 1. The molecule has 112 valence electrons. The predicted molar refractivity (Wildman–Crippen MR) is 84.9 cm³/mol. The maximum absolute atomic E-state index is 12.1. The molecule has 1 amide bonds. The second kappa shape index (κ2) is 7.98. The molecular formula is C14H20BrClN2O2. The third-order valence-corrected chi connectivity index (χ3v) is 4.11. The summed E-state index contributed by atoms with van der Waals surface area (Å²) in [5.74, 6) is 0.0165. The van der Waals surface area contributed by atoms with Crippen LogP contribution >= 0.6 is 28.3 Å². The largest absolute Gasteiger partial charge is 0.370 e. The summed E-state index contributed by atoms with van der Waals surface area (Å²) in [4.78, 5) is 13.9. The maximum Gasteiger partial charge on any atom is 0.239 e. The normalized spacial score (nSPS) is 20.1. The van der Waals surface area contributed by atoms with Crippen molar-refractivity contribution in [1.82, 2.24) is 4.90 Å². The number of morpholine rings is 1. The lowest BCUT2D eigenvalue weighted by Gasteiger charge is -2.34. The Bertz CT molecular complexity index is 459. The molecule has 1 aliphatic heterocycles. The topological polar surface area (TPSA) is 55.6 Å². The molecule has 0 aromatic heterocycles. The van der Waals surface area contributed by atoms with Crippen molar-refractivity contribution < 1.29 is 9.53 Å². The lowest BCUT2D eigenvalue weighted by molar-refractivity contribution is -0.140. The fraction of sp³-hybridized carbons (Fsp3) is 0.500. The van der Waals surface area contributed by atoms with Crippen molar-refractivity contribution in [3.8, 4) is 0 Å². The molecule has 2 N–H and O–H groups in total. The molecule has 0 radical (unpaired) electrons. The zero-order valence-corrected chi connectivity index (χ0v) is 13.8.